The molecule has 2 N–H and O–H groups in total. The van der Waals surface area contributed by atoms with Gasteiger partial charge in [0, 0.05) is 12.3 Å². The number of amides is 2. The summed E-state index contributed by atoms with van der Waals surface area (Å²) in [5.74, 6) is -0.529. The van der Waals surface area contributed by atoms with Crippen LogP contribution >= 0.6 is 11.8 Å². The summed E-state index contributed by atoms with van der Waals surface area (Å²) >= 11 is 1.38. The highest BCUT2D eigenvalue weighted by atomic mass is 32.2. The SMILES string of the molecule is Cc1ccc(S(=O)(=O)N2CC(=O)N3[C@H](C2)SC[C@H]3C(N)=O)cc1. The fraction of sp³-hybridized carbons (Fsp3) is 0.429. The van der Waals surface area contributed by atoms with Gasteiger partial charge in [0.1, 0.15) is 6.04 Å². The fourth-order valence-corrected chi connectivity index (χ4v) is 5.70. The fourth-order valence-electron chi connectivity index (χ4n) is 2.77. The van der Waals surface area contributed by atoms with E-state index in [9.17, 15) is 18.0 Å². The van der Waals surface area contributed by atoms with Gasteiger partial charge < -0.3 is 10.6 Å². The number of hydrogen-bond acceptors (Lipinski definition) is 5. The van der Waals surface area contributed by atoms with Crippen molar-refractivity contribution in [3.8, 4) is 0 Å². The Morgan fingerprint density at radius 2 is 1.96 bits per heavy atom. The van der Waals surface area contributed by atoms with Crippen LogP contribution in [0.3, 0.4) is 0 Å². The molecule has 124 valence electrons. The van der Waals surface area contributed by atoms with Crippen molar-refractivity contribution in [3.63, 3.8) is 0 Å². The van der Waals surface area contributed by atoms with Gasteiger partial charge >= 0.3 is 0 Å². The van der Waals surface area contributed by atoms with Gasteiger partial charge in [-0.3, -0.25) is 9.59 Å². The molecule has 7 nitrogen and oxygen atoms in total. The first-order chi connectivity index (χ1) is 10.8. The smallest absolute Gasteiger partial charge is 0.243 e. The molecule has 2 heterocycles. The number of rotatable bonds is 3. The molecule has 23 heavy (non-hydrogen) atoms. The van der Waals surface area contributed by atoms with Crippen molar-refractivity contribution in [1.82, 2.24) is 9.21 Å². The molecule has 0 unspecified atom stereocenters. The molecule has 2 aliphatic rings. The van der Waals surface area contributed by atoms with Crippen LogP contribution in [0.25, 0.3) is 0 Å². The van der Waals surface area contributed by atoms with Crippen LogP contribution in [-0.2, 0) is 19.6 Å². The quantitative estimate of drug-likeness (QED) is 0.806. The lowest BCUT2D eigenvalue weighted by atomic mass is 10.2. The number of piperazine rings is 1. The first-order valence-electron chi connectivity index (χ1n) is 7.09. The first kappa shape index (κ1) is 16.3. The number of primary amides is 1. The summed E-state index contributed by atoms with van der Waals surface area (Å²) < 4.78 is 26.6. The van der Waals surface area contributed by atoms with Gasteiger partial charge in [-0.15, -0.1) is 11.8 Å². The van der Waals surface area contributed by atoms with E-state index in [0.717, 1.165) is 5.56 Å². The molecule has 2 saturated heterocycles. The van der Waals surface area contributed by atoms with E-state index in [1.165, 1.54) is 33.1 Å². The Hall–Kier alpha value is -1.58. The Kier molecular flexibility index (Phi) is 4.11. The van der Waals surface area contributed by atoms with Crippen LogP contribution in [-0.4, -0.2) is 59.7 Å². The minimum atomic E-state index is -3.73. The number of benzene rings is 1. The third kappa shape index (κ3) is 2.84. The second kappa shape index (κ2) is 5.81. The Morgan fingerprint density at radius 3 is 2.57 bits per heavy atom. The van der Waals surface area contributed by atoms with Gasteiger partial charge in [0.2, 0.25) is 21.8 Å². The number of aryl methyl sites for hydroxylation is 1. The summed E-state index contributed by atoms with van der Waals surface area (Å²) in [6.45, 7) is 1.77. The van der Waals surface area contributed by atoms with Crippen molar-refractivity contribution in [1.29, 1.82) is 0 Å². The molecule has 2 fully saturated rings. The highest BCUT2D eigenvalue weighted by molar-refractivity contribution is 8.00. The summed E-state index contributed by atoms with van der Waals surface area (Å²) in [5, 5.41) is -0.367. The van der Waals surface area contributed by atoms with Crippen LogP contribution in [0.15, 0.2) is 29.2 Å². The lowest BCUT2D eigenvalue weighted by Gasteiger charge is -2.37. The molecule has 2 amide bonds. The van der Waals surface area contributed by atoms with Gasteiger partial charge in [-0.25, -0.2) is 8.42 Å². The average Bonchev–Trinajstić information content (AvgIpc) is 2.92. The third-order valence-electron chi connectivity index (χ3n) is 4.04. The Balaban J connectivity index is 1.85. The van der Waals surface area contributed by atoms with Crippen LogP contribution in [0.1, 0.15) is 5.56 Å². The predicted octanol–water partition coefficient (Wildman–Crippen LogP) is -0.245. The Labute approximate surface area is 138 Å². The van der Waals surface area contributed by atoms with E-state index < -0.39 is 22.0 Å². The van der Waals surface area contributed by atoms with Crippen molar-refractivity contribution in [2.75, 3.05) is 18.8 Å². The molecule has 0 aromatic heterocycles. The van der Waals surface area contributed by atoms with Crippen molar-refractivity contribution in [2.45, 2.75) is 23.2 Å². The molecule has 1 aromatic carbocycles. The number of carbonyl (C=O) groups is 2. The molecule has 0 bridgehead atoms. The molecule has 1 aromatic rings. The van der Waals surface area contributed by atoms with Gasteiger partial charge in [0.15, 0.2) is 0 Å². The maximum atomic E-state index is 12.7. The molecule has 0 saturated carbocycles. The molecular weight excluding hydrogens is 338 g/mol. The zero-order chi connectivity index (χ0) is 16.8. The lowest BCUT2D eigenvalue weighted by Crippen LogP contribution is -2.59. The van der Waals surface area contributed by atoms with Crippen LogP contribution in [0.5, 0.6) is 0 Å². The van der Waals surface area contributed by atoms with Gasteiger partial charge in [-0.1, -0.05) is 17.7 Å². The van der Waals surface area contributed by atoms with Crippen LogP contribution < -0.4 is 5.73 Å². The van der Waals surface area contributed by atoms with Crippen molar-refractivity contribution >= 4 is 33.6 Å². The zero-order valence-corrected chi connectivity index (χ0v) is 14.1. The molecule has 0 radical (unpaired) electrons. The minimum absolute atomic E-state index is 0.163. The maximum Gasteiger partial charge on any atom is 0.243 e. The number of sulfonamides is 1. The summed E-state index contributed by atoms with van der Waals surface area (Å²) in [6.07, 6.45) is 0. The Morgan fingerprint density at radius 1 is 1.30 bits per heavy atom. The monoisotopic (exact) mass is 355 g/mol. The minimum Gasteiger partial charge on any atom is -0.368 e. The maximum absolute atomic E-state index is 12.7. The van der Waals surface area contributed by atoms with E-state index in [1.54, 1.807) is 12.1 Å². The zero-order valence-electron chi connectivity index (χ0n) is 12.5. The number of nitrogens with two attached hydrogens (primary N) is 1. The second-order valence-corrected chi connectivity index (χ2v) is 8.77. The summed E-state index contributed by atoms with van der Waals surface area (Å²) in [4.78, 5) is 25.3. The van der Waals surface area contributed by atoms with Gasteiger partial charge in [0.05, 0.1) is 16.8 Å². The van der Waals surface area contributed by atoms with Crippen molar-refractivity contribution in [2.24, 2.45) is 5.73 Å². The number of fused-ring (bicyclic) bond motifs is 1. The van der Waals surface area contributed by atoms with Crippen molar-refractivity contribution < 1.29 is 18.0 Å². The average molecular weight is 355 g/mol. The van der Waals surface area contributed by atoms with E-state index in [0.29, 0.717) is 5.75 Å². The summed E-state index contributed by atoms with van der Waals surface area (Å²) in [5.41, 5.74) is 6.27. The number of nitrogens with zero attached hydrogens (tertiary/aromatic N) is 2. The molecule has 3 rings (SSSR count). The molecule has 2 aliphatic heterocycles. The number of carbonyl (C=O) groups excluding carboxylic acids is 2. The normalized spacial score (nSPS) is 25.4. The van der Waals surface area contributed by atoms with Crippen LogP contribution in [0, 0.1) is 6.92 Å². The summed E-state index contributed by atoms with van der Waals surface area (Å²) in [7, 11) is -3.73. The molecule has 0 spiro atoms. The van der Waals surface area contributed by atoms with Crippen LogP contribution in [0.2, 0.25) is 0 Å². The van der Waals surface area contributed by atoms with Gasteiger partial charge in [-0.05, 0) is 19.1 Å². The number of hydrogen-bond donors (Lipinski definition) is 1. The second-order valence-electron chi connectivity index (χ2n) is 5.62. The van der Waals surface area contributed by atoms with Gasteiger partial charge in [0.25, 0.3) is 0 Å². The molecular formula is C14H17N3O4S2. The van der Waals surface area contributed by atoms with Crippen molar-refractivity contribution in [3.05, 3.63) is 29.8 Å². The standard InChI is InChI=1S/C14H17N3O4S2/c1-9-2-4-10(5-3-9)23(20,21)16-6-12(18)17-11(14(15)19)8-22-13(17)7-16/h2-5,11,13H,6-8H2,1H3,(H2,15,19)/t11-,13-/m0/s1. The third-order valence-corrected chi connectivity index (χ3v) is 7.13. The van der Waals surface area contributed by atoms with E-state index >= 15 is 0 Å². The van der Waals surface area contributed by atoms with E-state index in [-0.39, 0.29) is 29.3 Å². The molecule has 2 atom stereocenters. The lowest BCUT2D eigenvalue weighted by molar-refractivity contribution is -0.141. The topological polar surface area (TPSA) is 101 Å². The molecule has 0 aliphatic carbocycles. The Bertz CT molecular complexity index is 748. The van der Waals surface area contributed by atoms with Gasteiger partial charge in [-0.2, -0.15) is 4.31 Å². The van der Waals surface area contributed by atoms with E-state index in [4.69, 9.17) is 5.73 Å². The highest BCUT2D eigenvalue weighted by Crippen LogP contribution is 2.34. The molecule has 9 heteroatoms. The van der Waals surface area contributed by atoms with Crippen LogP contribution in [0.4, 0.5) is 0 Å². The number of thioether (sulfide) groups is 1. The first-order valence-corrected chi connectivity index (χ1v) is 9.58. The summed E-state index contributed by atoms with van der Waals surface area (Å²) in [6, 6.07) is 5.86. The largest absolute Gasteiger partial charge is 0.368 e. The highest BCUT2D eigenvalue weighted by Gasteiger charge is 2.47. The van der Waals surface area contributed by atoms with E-state index in [2.05, 4.69) is 0 Å². The van der Waals surface area contributed by atoms with E-state index in [1.807, 2.05) is 6.92 Å². The predicted molar refractivity (Wildman–Crippen MR) is 86.0 cm³/mol.